The predicted molar refractivity (Wildman–Crippen MR) is 50.5 cm³/mol. The molecular weight excluding hydrogens is 276 g/mol. The Kier molecular flexibility index (Phi) is 2.51. The molecule has 0 aliphatic rings. The smallest absolute Gasteiger partial charge is 0.336 e. The van der Waals surface area contributed by atoms with Crippen LogP contribution in [0.1, 0.15) is 10.4 Å². The van der Waals surface area contributed by atoms with Crippen molar-refractivity contribution in [1.82, 2.24) is 0 Å². The van der Waals surface area contributed by atoms with Gasteiger partial charge in [-0.05, 0) is 34.7 Å². The molecule has 0 bridgehead atoms. The summed E-state index contributed by atoms with van der Waals surface area (Å²) in [5.41, 5.74) is 5.11. The molecule has 0 atom stereocenters. The van der Waals surface area contributed by atoms with Crippen molar-refractivity contribution in [3.05, 3.63) is 27.1 Å². The maximum atomic E-state index is 13.0. The highest BCUT2D eigenvalue weighted by Gasteiger charge is 2.13. The van der Waals surface area contributed by atoms with Crippen molar-refractivity contribution in [1.29, 1.82) is 0 Å². The van der Waals surface area contributed by atoms with Crippen LogP contribution in [-0.4, -0.2) is 11.1 Å². The van der Waals surface area contributed by atoms with Crippen LogP contribution < -0.4 is 5.73 Å². The maximum Gasteiger partial charge on any atom is 0.336 e. The van der Waals surface area contributed by atoms with E-state index in [0.29, 0.717) is 0 Å². The fourth-order valence-corrected chi connectivity index (χ4v) is 1.45. The summed E-state index contributed by atoms with van der Waals surface area (Å²) in [7, 11) is 0. The van der Waals surface area contributed by atoms with Gasteiger partial charge in [-0.25, -0.2) is 9.18 Å². The molecule has 12 heavy (non-hydrogen) atoms. The van der Waals surface area contributed by atoms with Gasteiger partial charge in [-0.15, -0.1) is 0 Å². The molecule has 0 saturated carbocycles. The van der Waals surface area contributed by atoms with Crippen LogP contribution in [0.2, 0.25) is 0 Å². The molecule has 0 aliphatic heterocycles. The molecule has 0 radical (unpaired) electrons. The molecule has 0 amide bonds. The van der Waals surface area contributed by atoms with Crippen molar-refractivity contribution >= 4 is 34.2 Å². The van der Waals surface area contributed by atoms with E-state index in [2.05, 4.69) is 0 Å². The molecule has 64 valence electrons. The Labute approximate surface area is 81.5 Å². The summed E-state index contributed by atoms with van der Waals surface area (Å²) in [6, 6.07) is 2.52. The number of carbonyl (C=O) groups is 1. The number of nitrogens with two attached hydrogens (primary N) is 1. The standard InChI is InChI=1S/C7H5FINO2/c8-5-4(10)2-1-3(6(5)9)7(11)12/h1-2H,10H2,(H,11,12). The van der Waals surface area contributed by atoms with E-state index in [9.17, 15) is 9.18 Å². The largest absolute Gasteiger partial charge is 0.478 e. The molecule has 0 unspecified atom stereocenters. The number of aromatic carboxylic acids is 1. The van der Waals surface area contributed by atoms with E-state index in [1.165, 1.54) is 12.1 Å². The summed E-state index contributed by atoms with van der Waals surface area (Å²) in [6.07, 6.45) is 0. The summed E-state index contributed by atoms with van der Waals surface area (Å²) in [4.78, 5) is 10.5. The molecule has 0 heterocycles. The van der Waals surface area contributed by atoms with Gasteiger partial charge in [0.05, 0.1) is 14.8 Å². The number of rotatable bonds is 1. The lowest BCUT2D eigenvalue weighted by Crippen LogP contribution is -2.03. The van der Waals surface area contributed by atoms with Crippen LogP contribution in [0.3, 0.4) is 0 Å². The fraction of sp³-hybridized carbons (Fsp3) is 0. The zero-order valence-corrected chi connectivity index (χ0v) is 8.00. The number of nitrogen functional groups attached to an aromatic ring is 1. The monoisotopic (exact) mass is 281 g/mol. The van der Waals surface area contributed by atoms with Crippen molar-refractivity contribution in [2.24, 2.45) is 0 Å². The van der Waals surface area contributed by atoms with Gasteiger partial charge < -0.3 is 10.8 Å². The molecule has 5 heteroatoms. The van der Waals surface area contributed by atoms with E-state index in [4.69, 9.17) is 10.8 Å². The van der Waals surface area contributed by atoms with Gasteiger partial charge in [-0.3, -0.25) is 0 Å². The Balaban J connectivity index is 3.36. The van der Waals surface area contributed by atoms with E-state index in [1.54, 1.807) is 22.6 Å². The minimum atomic E-state index is -1.15. The Morgan fingerprint density at radius 2 is 2.17 bits per heavy atom. The third-order valence-electron chi connectivity index (χ3n) is 1.34. The highest BCUT2D eigenvalue weighted by Crippen LogP contribution is 2.21. The van der Waals surface area contributed by atoms with E-state index in [0.717, 1.165) is 0 Å². The number of anilines is 1. The van der Waals surface area contributed by atoms with Crippen molar-refractivity contribution in [2.45, 2.75) is 0 Å². The Hall–Kier alpha value is -0.850. The van der Waals surface area contributed by atoms with E-state index < -0.39 is 11.8 Å². The first-order valence-electron chi connectivity index (χ1n) is 3.01. The number of carboxylic acid groups (broad SMARTS) is 1. The van der Waals surface area contributed by atoms with Crippen molar-refractivity contribution in [3.8, 4) is 0 Å². The summed E-state index contributed by atoms with van der Waals surface area (Å²) >= 11 is 1.61. The molecular formula is C7H5FINO2. The Bertz CT molecular complexity index is 340. The number of halogens is 2. The Morgan fingerprint density at radius 1 is 1.58 bits per heavy atom. The van der Waals surface area contributed by atoms with Crippen molar-refractivity contribution < 1.29 is 14.3 Å². The number of benzene rings is 1. The summed E-state index contributed by atoms with van der Waals surface area (Å²) in [5.74, 6) is -1.83. The van der Waals surface area contributed by atoms with Crippen LogP contribution in [-0.2, 0) is 0 Å². The van der Waals surface area contributed by atoms with Gasteiger partial charge in [-0.1, -0.05) is 0 Å². The lowest BCUT2D eigenvalue weighted by Gasteiger charge is -2.02. The third kappa shape index (κ3) is 1.50. The van der Waals surface area contributed by atoms with Crippen LogP contribution in [0.4, 0.5) is 10.1 Å². The third-order valence-corrected chi connectivity index (χ3v) is 2.40. The highest BCUT2D eigenvalue weighted by atomic mass is 127. The average Bonchev–Trinajstić information content (AvgIpc) is 2.00. The minimum absolute atomic E-state index is 0.0376. The minimum Gasteiger partial charge on any atom is -0.478 e. The number of hydrogen-bond donors (Lipinski definition) is 2. The van der Waals surface area contributed by atoms with Crippen LogP contribution in [0.5, 0.6) is 0 Å². The van der Waals surface area contributed by atoms with Crippen LogP contribution in [0.25, 0.3) is 0 Å². The highest BCUT2D eigenvalue weighted by molar-refractivity contribution is 14.1. The molecule has 0 spiro atoms. The van der Waals surface area contributed by atoms with Crippen LogP contribution >= 0.6 is 22.6 Å². The topological polar surface area (TPSA) is 63.3 Å². The van der Waals surface area contributed by atoms with E-state index in [-0.39, 0.29) is 14.8 Å². The lowest BCUT2D eigenvalue weighted by atomic mass is 10.2. The van der Waals surface area contributed by atoms with Crippen molar-refractivity contribution in [3.63, 3.8) is 0 Å². The average molecular weight is 281 g/mol. The normalized spacial score (nSPS) is 9.83. The first kappa shape index (κ1) is 9.24. The van der Waals surface area contributed by atoms with Gasteiger partial charge >= 0.3 is 5.97 Å². The molecule has 0 aromatic heterocycles. The quantitative estimate of drug-likeness (QED) is 0.608. The lowest BCUT2D eigenvalue weighted by molar-refractivity contribution is 0.0695. The van der Waals surface area contributed by atoms with Crippen molar-refractivity contribution in [2.75, 3.05) is 5.73 Å². The van der Waals surface area contributed by atoms with Gasteiger partial charge in [0, 0.05) is 0 Å². The van der Waals surface area contributed by atoms with Gasteiger partial charge in [0.25, 0.3) is 0 Å². The molecule has 1 aromatic rings. The van der Waals surface area contributed by atoms with Gasteiger partial charge in [-0.2, -0.15) is 0 Å². The number of hydrogen-bond acceptors (Lipinski definition) is 2. The first-order chi connectivity index (χ1) is 5.54. The molecule has 3 N–H and O–H groups in total. The summed E-state index contributed by atoms with van der Waals surface area (Å²) < 4.78 is 13.0. The second-order valence-corrected chi connectivity index (χ2v) is 3.21. The predicted octanol–water partition coefficient (Wildman–Crippen LogP) is 1.71. The molecule has 0 fully saturated rings. The molecule has 1 aromatic carbocycles. The zero-order chi connectivity index (χ0) is 9.30. The van der Waals surface area contributed by atoms with Gasteiger partial charge in [0.2, 0.25) is 0 Å². The number of carboxylic acids is 1. The zero-order valence-electron chi connectivity index (χ0n) is 5.84. The maximum absolute atomic E-state index is 13.0. The second-order valence-electron chi connectivity index (χ2n) is 2.14. The fourth-order valence-electron chi connectivity index (χ4n) is 0.730. The van der Waals surface area contributed by atoms with Gasteiger partial charge in [0.1, 0.15) is 0 Å². The van der Waals surface area contributed by atoms with Crippen LogP contribution in [0.15, 0.2) is 12.1 Å². The van der Waals surface area contributed by atoms with Crippen LogP contribution in [0, 0.1) is 9.39 Å². The molecule has 3 nitrogen and oxygen atoms in total. The van der Waals surface area contributed by atoms with E-state index in [1.807, 2.05) is 0 Å². The molecule has 0 saturated heterocycles. The summed E-state index contributed by atoms with van der Waals surface area (Å²) in [6.45, 7) is 0. The second kappa shape index (κ2) is 3.26. The summed E-state index contributed by atoms with van der Waals surface area (Å²) in [5, 5.41) is 8.57. The first-order valence-corrected chi connectivity index (χ1v) is 4.08. The Morgan fingerprint density at radius 3 is 2.67 bits per heavy atom. The van der Waals surface area contributed by atoms with Gasteiger partial charge in [0.15, 0.2) is 5.82 Å². The SMILES string of the molecule is Nc1ccc(C(=O)O)c(I)c1F. The van der Waals surface area contributed by atoms with E-state index >= 15 is 0 Å². The molecule has 1 rings (SSSR count). The molecule has 0 aliphatic carbocycles.